The van der Waals surface area contributed by atoms with Crippen molar-refractivity contribution in [2.45, 2.75) is 31.6 Å². The maximum atomic E-state index is 12.1. The van der Waals surface area contributed by atoms with E-state index in [0.29, 0.717) is 23.4 Å². The van der Waals surface area contributed by atoms with Gasteiger partial charge in [-0.3, -0.25) is 0 Å². The van der Waals surface area contributed by atoms with Crippen LogP contribution in [0.15, 0.2) is 6.33 Å². The van der Waals surface area contributed by atoms with Crippen LogP contribution in [0.4, 0.5) is 10.6 Å². The van der Waals surface area contributed by atoms with Crippen LogP contribution in [-0.4, -0.2) is 54.0 Å². The summed E-state index contributed by atoms with van der Waals surface area (Å²) >= 11 is 0. The molecule has 0 aromatic carbocycles. The van der Waals surface area contributed by atoms with Crippen molar-refractivity contribution >= 4 is 30.7 Å². The zero-order chi connectivity index (χ0) is 18.4. The predicted molar refractivity (Wildman–Crippen MR) is 86.1 cm³/mol. The van der Waals surface area contributed by atoms with Gasteiger partial charge in [0.25, 0.3) is 0 Å². The molecule has 3 heterocycles. The van der Waals surface area contributed by atoms with Gasteiger partial charge in [-0.25, -0.2) is 24.3 Å². The molecule has 2 aromatic rings. The minimum Gasteiger partial charge on any atom is -0.427 e. The first-order chi connectivity index (χ1) is 12.2. The van der Waals surface area contributed by atoms with Crippen molar-refractivity contribution in [1.82, 2.24) is 19.5 Å². The van der Waals surface area contributed by atoms with Gasteiger partial charge in [0.1, 0.15) is 23.5 Å². The molecule has 4 N–H and O–H groups in total. The lowest BCUT2D eigenvalue weighted by molar-refractivity contribution is -0.0343. The molecule has 0 amide bonds. The number of hydrogen-bond donors (Lipinski definition) is 3. The van der Waals surface area contributed by atoms with E-state index in [2.05, 4.69) is 19.5 Å². The second kappa shape index (κ2) is 4.73. The topological polar surface area (TPSA) is 163 Å². The van der Waals surface area contributed by atoms with Gasteiger partial charge in [0.15, 0.2) is 11.5 Å². The summed E-state index contributed by atoms with van der Waals surface area (Å²) in [6.45, 7) is 1.70. The Morgan fingerprint density at radius 2 is 2.23 bits per heavy atom. The molecule has 2 aromatic heterocycles. The second-order valence-corrected chi connectivity index (χ2v) is 8.95. The molecule has 26 heavy (non-hydrogen) atoms. The van der Waals surface area contributed by atoms with E-state index in [1.807, 2.05) is 0 Å². The highest BCUT2D eigenvalue weighted by atomic mass is 31.2. The van der Waals surface area contributed by atoms with Crippen LogP contribution in [0.2, 0.25) is 0 Å². The summed E-state index contributed by atoms with van der Waals surface area (Å²) in [5, 5.41) is 10.8. The third-order valence-corrected chi connectivity index (χ3v) is 7.06. The van der Waals surface area contributed by atoms with Gasteiger partial charge in [0.05, 0.1) is 18.5 Å². The molecule has 1 saturated heterocycles. The number of aliphatic hydroxyl groups is 1. The average molecular weight is 381 g/mol. The number of nitrogens with two attached hydrogens (primary N) is 1. The van der Waals surface area contributed by atoms with Crippen LogP contribution in [0, 0.1) is 18.3 Å². The first-order valence-electron chi connectivity index (χ1n) is 8.09. The highest BCUT2D eigenvalue weighted by Crippen LogP contribution is 2.73. The van der Waals surface area contributed by atoms with Crippen molar-refractivity contribution in [2.75, 3.05) is 11.9 Å². The van der Waals surface area contributed by atoms with E-state index in [0.717, 1.165) is 0 Å². The fraction of sp³-hybridized carbons (Fsp3) is 0.571. The molecule has 1 spiro atoms. The molecule has 11 nitrogen and oxygen atoms in total. The maximum Gasteiger partial charge on any atom is 0.515 e. The van der Waals surface area contributed by atoms with Gasteiger partial charge in [0, 0.05) is 5.41 Å². The summed E-state index contributed by atoms with van der Waals surface area (Å²) in [6, 6.07) is -0.510. The van der Waals surface area contributed by atoms with Crippen molar-refractivity contribution in [1.29, 1.82) is 0 Å². The van der Waals surface area contributed by atoms with Crippen LogP contribution >= 0.6 is 7.60 Å². The van der Waals surface area contributed by atoms with E-state index in [4.69, 9.17) is 10.5 Å². The maximum absolute atomic E-state index is 12.1. The number of aryl methyl sites for hydroxylation is 1. The Labute approximate surface area is 146 Å². The van der Waals surface area contributed by atoms with E-state index in [9.17, 15) is 19.4 Å². The molecule has 1 aliphatic heterocycles. The molecule has 3 aliphatic rings. The molecule has 138 valence electrons. The molecular weight excluding hydrogens is 365 g/mol. The standard InChI is InChI=1S/C14H16N5O6P/c1-5-17-11(15)7-12(18-5)19(4-16-7)8-6-2-14(6)3-26(22,23)25-13(21)24-10(14)9(8)20/h4,6,8-10,20H,2-3H2,1H3,(H,22,23)(H2,15,17,18)/t6-,8-,9+,10+,14-/m1/s1. The number of aromatic nitrogens is 4. The molecular formula is C14H16N5O6P. The van der Waals surface area contributed by atoms with Gasteiger partial charge in [-0.15, -0.1) is 0 Å². The van der Waals surface area contributed by atoms with Gasteiger partial charge in [0.2, 0.25) is 0 Å². The largest absolute Gasteiger partial charge is 0.515 e. The number of hydrogen-bond acceptors (Lipinski definition) is 9. The molecule has 0 radical (unpaired) electrons. The lowest BCUT2D eigenvalue weighted by Gasteiger charge is -2.25. The molecule has 1 unspecified atom stereocenters. The SMILES string of the molecule is Cc1nc(N)c2ncn([C@H]3[C@H](O)[C@@H]4OC(=O)OP(=O)(O)C[C@@]45C[C@H]35)c2n1. The van der Waals surface area contributed by atoms with Gasteiger partial charge in [-0.05, 0) is 19.3 Å². The Hall–Kier alpha value is -2.23. The van der Waals surface area contributed by atoms with Crippen molar-refractivity contribution in [3.63, 3.8) is 0 Å². The Morgan fingerprint density at radius 1 is 1.46 bits per heavy atom. The van der Waals surface area contributed by atoms with E-state index in [1.54, 1.807) is 11.5 Å². The molecule has 0 bridgehead atoms. The van der Waals surface area contributed by atoms with Crippen LogP contribution in [0.5, 0.6) is 0 Å². The van der Waals surface area contributed by atoms with E-state index >= 15 is 0 Å². The van der Waals surface area contributed by atoms with E-state index in [-0.39, 0.29) is 17.9 Å². The molecule has 2 aliphatic carbocycles. The Morgan fingerprint density at radius 3 is 3.00 bits per heavy atom. The number of anilines is 1. The average Bonchev–Trinajstić information content (AvgIpc) is 2.99. The van der Waals surface area contributed by atoms with Gasteiger partial charge >= 0.3 is 13.8 Å². The van der Waals surface area contributed by atoms with Crippen LogP contribution < -0.4 is 5.73 Å². The molecule has 12 heteroatoms. The molecule has 5 rings (SSSR count). The second-order valence-electron chi connectivity index (χ2n) is 7.18. The summed E-state index contributed by atoms with van der Waals surface area (Å²) in [6.07, 6.45) is -1.45. The monoisotopic (exact) mass is 381 g/mol. The lowest BCUT2D eigenvalue weighted by atomic mass is 10.0. The smallest absolute Gasteiger partial charge is 0.427 e. The normalized spacial score (nSPS) is 41.1. The van der Waals surface area contributed by atoms with Gasteiger partial charge < -0.3 is 29.6 Å². The highest BCUT2D eigenvalue weighted by molar-refractivity contribution is 7.53. The van der Waals surface area contributed by atoms with Crippen LogP contribution in [0.3, 0.4) is 0 Å². The zero-order valence-electron chi connectivity index (χ0n) is 13.6. The first-order valence-corrected chi connectivity index (χ1v) is 9.85. The van der Waals surface area contributed by atoms with Gasteiger partial charge in [-0.2, -0.15) is 0 Å². The van der Waals surface area contributed by atoms with Crippen molar-refractivity contribution in [2.24, 2.45) is 11.3 Å². The molecule has 3 fully saturated rings. The quantitative estimate of drug-likeness (QED) is 0.464. The lowest BCUT2D eigenvalue weighted by Crippen LogP contribution is -2.37. The Kier molecular flexibility index (Phi) is 2.91. The van der Waals surface area contributed by atoms with Crippen molar-refractivity contribution in [3.05, 3.63) is 12.2 Å². The Balaban J connectivity index is 1.61. The van der Waals surface area contributed by atoms with E-state index < -0.39 is 37.4 Å². The summed E-state index contributed by atoms with van der Waals surface area (Å²) in [5.41, 5.74) is 5.99. The summed E-state index contributed by atoms with van der Waals surface area (Å²) in [5.74, 6) is 0.521. The predicted octanol–water partition coefficient (Wildman–Crippen LogP) is 0.360. The van der Waals surface area contributed by atoms with Gasteiger partial charge in [-0.1, -0.05) is 0 Å². The number of carbonyl (C=O) groups is 1. The number of ether oxygens (including phenoxy) is 1. The number of rotatable bonds is 1. The van der Waals surface area contributed by atoms with Crippen LogP contribution in [-0.2, 0) is 13.8 Å². The van der Waals surface area contributed by atoms with E-state index in [1.165, 1.54) is 6.33 Å². The van der Waals surface area contributed by atoms with Crippen molar-refractivity contribution in [3.8, 4) is 0 Å². The summed E-state index contributed by atoms with van der Waals surface area (Å²) in [7, 11) is -4.13. The number of carbonyl (C=O) groups excluding carboxylic acids is 1. The molecule has 2 saturated carbocycles. The number of imidazole rings is 1. The minimum absolute atomic E-state index is 0.175. The van der Waals surface area contributed by atoms with Crippen LogP contribution in [0.25, 0.3) is 11.2 Å². The zero-order valence-corrected chi connectivity index (χ0v) is 14.5. The number of aliphatic hydroxyl groups excluding tert-OH is 1. The summed E-state index contributed by atoms with van der Waals surface area (Å²) < 4.78 is 23.5. The minimum atomic E-state index is -4.13. The summed E-state index contributed by atoms with van der Waals surface area (Å²) in [4.78, 5) is 34.3. The Bertz CT molecular complexity index is 1010. The van der Waals surface area contributed by atoms with Crippen LogP contribution in [0.1, 0.15) is 18.3 Å². The number of nitrogens with zero attached hydrogens (tertiary/aromatic N) is 4. The number of fused-ring (bicyclic) bond motifs is 1. The fourth-order valence-corrected chi connectivity index (χ4v) is 6.26. The highest BCUT2D eigenvalue weighted by Gasteiger charge is 2.76. The molecule has 6 atom stereocenters. The van der Waals surface area contributed by atoms with Crippen molar-refractivity contribution < 1.29 is 28.6 Å². The third kappa shape index (κ3) is 1.99. The first kappa shape index (κ1) is 16.0. The third-order valence-electron chi connectivity index (χ3n) is 5.63. The fourth-order valence-electron chi connectivity index (χ4n) is 4.63. The number of nitrogen functional groups attached to an aromatic ring is 1.